The number of halogens is 2. The third kappa shape index (κ3) is 3.26. The van der Waals surface area contributed by atoms with Crippen molar-refractivity contribution in [3.8, 4) is 0 Å². The molecule has 1 aromatic rings. The van der Waals surface area contributed by atoms with Crippen LogP contribution < -0.4 is 0 Å². The molecule has 0 aromatic heterocycles. The maximum absolute atomic E-state index is 14.5. The molecule has 5 rings (SSSR count). The van der Waals surface area contributed by atoms with Gasteiger partial charge in [0.2, 0.25) is 6.10 Å². The number of carboxylic acids is 1. The van der Waals surface area contributed by atoms with Crippen molar-refractivity contribution in [1.29, 1.82) is 0 Å². The van der Waals surface area contributed by atoms with Gasteiger partial charge in [-0.2, -0.15) is 8.78 Å². The van der Waals surface area contributed by atoms with Crippen LogP contribution in [0.1, 0.15) is 43.8 Å². The van der Waals surface area contributed by atoms with Crippen LogP contribution in [0, 0.1) is 29.1 Å². The molecule has 0 saturated heterocycles. The zero-order valence-corrected chi connectivity index (χ0v) is 16.6. The Morgan fingerprint density at radius 2 is 1.70 bits per heavy atom. The monoisotopic (exact) mass is 422 g/mol. The molecule has 4 fully saturated rings. The quantitative estimate of drug-likeness (QED) is 0.705. The molecule has 0 amide bonds. The second kappa shape index (κ2) is 7.32. The zero-order chi connectivity index (χ0) is 21.7. The fourth-order valence-electron chi connectivity index (χ4n) is 6.12. The summed E-state index contributed by atoms with van der Waals surface area (Å²) in [6, 6.07) is 7.22. The summed E-state index contributed by atoms with van der Waals surface area (Å²) < 4.78 is 39.2. The topological polar surface area (TPSA) is 89.9 Å². The van der Waals surface area contributed by atoms with Crippen LogP contribution >= 0.6 is 0 Å². The van der Waals surface area contributed by atoms with Crippen LogP contribution in [0.25, 0.3) is 0 Å². The highest BCUT2D eigenvalue weighted by Crippen LogP contribution is 2.63. The van der Waals surface area contributed by atoms with Crippen molar-refractivity contribution in [3.63, 3.8) is 0 Å². The summed E-state index contributed by atoms with van der Waals surface area (Å²) in [5, 5.41) is 9.05. The van der Waals surface area contributed by atoms with E-state index in [0.717, 1.165) is 12.8 Å². The number of esters is 2. The van der Waals surface area contributed by atoms with Gasteiger partial charge >= 0.3 is 23.8 Å². The Kier molecular flexibility index (Phi) is 5.06. The molecule has 4 saturated carbocycles. The molecule has 0 aliphatic heterocycles. The van der Waals surface area contributed by atoms with Crippen LogP contribution in [0.15, 0.2) is 30.3 Å². The fourth-order valence-corrected chi connectivity index (χ4v) is 6.12. The minimum absolute atomic E-state index is 0.0496. The molecular formula is C22H24F2O6. The first-order chi connectivity index (χ1) is 14.2. The van der Waals surface area contributed by atoms with Gasteiger partial charge in [-0.05, 0) is 55.4 Å². The molecule has 4 bridgehead atoms. The van der Waals surface area contributed by atoms with Gasteiger partial charge in [0, 0.05) is 0 Å². The number of methoxy groups -OCH3 is 1. The summed E-state index contributed by atoms with van der Waals surface area (Å²) >= 11 is 0. The first kappa shape index (κ1) is 20.8. The zero-order valence-electron chi connectivity index (χ0n) is 16.6. The Hall–Kier alpha value is -2.51. The predicted octanol–water partition coefficient (Wildman–Crippen LogP) is 3.61. The van der Waals surface area contributed by atoms with Gasteiger partial charge in [0.05, 0.1) is 18.4 Å². The average molecular weight is 422 g/mol. The number of hydrogen-bond donors (Lipinski definition) is 1. The van der Waals surface area contributed by atoms with Crippen molar-refractivity contribution < 1.29 is 37.7 Å². The number of ether oxygens (including phenoxy) is 2. The largest absolute Gasteiger partial charge is 0.477 e. The first-order valence-corrected chi connectivity index (χ1v) is 10.1. The summed E-state index contributed by atoms with van der Waals surface area (Å²) in [6.45, 7) is 0. The Balaban J connectivity index is 1.61. The van der Waals surface area contributed by atoms with E-state index in [-0.39, 0.29) is 35.2 Å². The van der Waals surface area contributed by atoms with Crippen molar-refractivity contribution in [3.05, 3.63) is 35.9 Å². The number of carbonyl (C=O) groups excluding carboxylic acids is 2. The Morgan fingerprint density at radius 1 is 1.10 bits per heavy atom. The summed E-state index contributed by atoms with van der Waals surface area (Å²) in [5.74, 6) is -7.84. The standard InChI is InChI=1S/C22H24F2O6/c1-29-18(25)16-14-7-12-8-15(16)11-21(9-12,10-14)20(28)30-17(22(23,24)19(26)27)13-5-3-2-4-6-13/h2-6,12,14-17H,7-11H2,1H3,(H,26,27). The Morgan fingerprint density at radius 3 is 2.23 bits per heavy atom. The lowest BCUT2D eigenvalue weighted by Gasteiger charge is -2.57. The SMILES string of the molecule is COC(=O)C1C2CC3CC1CC(C(=O)OC(c1ccccc1)C(F)(F)C(=O)O)(C3)C2. The fraction of sp³-hybridized carbons (Fsp3) is 0.591. The smallest absolute Gasteiger partial charge is 0.382 e. The lowest BCUT2D eigenvalue weighted by atomic mass is 9.46. The van der Waals surface area contributed by atoms with Crippen LogP contribution in [0.4, 0.5) is 8.78 Å². The van der Waals surface area contributed by atoms with Crippen molar-refractivity contribution in [1.82, 2.24) is 0 Å². The third-order valence-electron chi connectivity index (χ3n) is 7.12. The number of aliphatic carboxylic acids is 1. The van der Waals surface area contributed by atoms with E-state index in [9.17, 15) is 23.2 Å². The third-order valence-corrected chi connectivity index (χ3v) is 7.12. The van der Waals surface area contributed by atoms with Crippen molar-refractivity contribution in [2.24, 2.45) is 29.1 Å². The molecule has 1 aromatic carbocycles. The second-order valence-corrected chi connectivity index (χ2v) is 8.92. The molecule has 8 heteroatoms. The maximum Gasteiger partial charge on any atom is 0.382 e. The molecule has 0 radical (unpaired) electrons. The lowest BCUT2D eigenvalue weighted by Crippen LogP contribution is -2.56. The normalized spacial score (nSPS) is 33.0. The van der Waals surface area contributed by atoms with Crippen LogP contribution in [0.3, 0.4) is 0 Å². The van der Waals surface area contributed by atoms with E-state index >= 15 is 0 Å². The number of benzene rings is 1. The molecule has 4 aliphatic rings. The van der Waals surface area contributed by atoms with Crippen molar-refractivity contribution in [2.45, 2.75) is 44.1 Å². The number of rotatable bonds is 6. The second-order valence-electron chi connectivity index (χ2n) is 8.92. The number of hydrogen-bond acceptors (Lipinski definition) is 5. The van der Waals surface area contributed by atoms with Gasteiger partial charge in [0.25, 0.3) is 0 Å². The summed E-state index contributed by atoms with van der Waals surface area (Å²) in [5.41, 5.74) is -1.03. The van der Waals surface area contributed by atoms with Gasteiger partial charge in [-0.25, -0.2) is 4.79 Å². The molecule has 4 aliphatic carbocycles. The number of alkyl halides is 2. The highest BCUT2D eigenvalue weighted by molar-refractivity contribution is 5.81. The molecule has 0 spiro atoms. The first-order valence-electron chi connectivity index (χ1n) is 10.1. The van der Waals surface area contributed by atoms with Crippen LogP contribution in [0.2, 0.25) is 0 Å². The van der Waals surface area contributed by atoms with Crippen molar-refractivity contribution >= 4 is 17.9 Å². The predicted molar refractivity (Wildman–Crippen MR) is 99.4 cm³/mol. The van der Waals surface area contributed by atoms with Crippen LogP contribution in [-0.4, -0.2) is 36.0 Å². The number of carbonyl (C=O) groups is 3. The Labute approximate surface area is 172 Å². The minimum atomic E-state index is -4.27. The van der Waals surface area contributed by atoms with E-state index in [2.05, 4.69) is 0 Å². The number of carboxylic acid groups (broad SMARTS) is 1. The maximum atomic E-state index is 14.5. The van der Waals surface area contributed by atoms with E-state index < -0.39 is 29.4 Å². The Bertz CT molecular complexity index is 838. The van der Waals surface area contributed by atoms with Gasteiger partial charge in [0.1, 0.15) is 0 Å². The van der Waals surface area contributed by atoms with E-state index in [1.807, 2.05) is 0 Å². The van der Waals surface area contributed by atoms with E-state index in [1.165, 1.54) is 31.4 Å². The lowest BCUT2D eigenvalue weighted by molar-refractivity contribution is -0.211. The van der Waals surface area contributed by atoms with E-state index in [1.54, 1.807) is 6.07 Å². The molecular weight excluding hydrogens is 398 g/mol. The summed E-state index contributed by atoms with van der Waals surface area (Å²) in [7, 11) is 1.34. The summed E-state index contributed by atoms with van der Waals surface area (Å²) in [6.07, 6.45) is 0.662. The van der Waals surface area contributed by atoms with Crippen molar-refractivity contribution in [2.75, 3.05) is 7.11 Å². The van der Waals surface area contributed by atoms with Crippen LogP contribution in [-0.2, 0) is 23.9 Å². The van der Waals surface area contributed by atoms with E-state index in [0.29, 0.717) is 19.3 Å². The average Bonchev–Trinajstić information content (AvgIpc) is 2.71. The molecule has 30 heavy (non-hydrogen) atoms. The van der Waals surface area contributed by atoms with Gasteiger partial charge < -0.3 is 14.6 Å². The molecule has 0 heterocycles. The highest BCUT2D eigenvalue weighted by atomic mass is 19.3. The molecule has 162 valence electrons. The van der Waals surface area contributed by atoms with Gasteiger partial charge in [0.15, 0.2) is 0 Å². The van der Waals surface area contributed by atoms with Crippen LogP contribution in [0.5, 0.6) is 0 Å². The molecule has 3 atom stereocenters. The minimum Gasteiger partial charge on any atom is -0.477 e. The summed E-state index contributed by atoms with van der Waals surface area (Å²) in [4.78, 5) is 36.7. The van der Waals surface area contributed by atoms with E-state index in [4.69, 9.17) is 14.6 Å². The highest BCUT2D eigenvalue weighted by Gasteiger charge is 2.62. The molecule has 1 N–H and O–H groups in total. The van der Waals surface area contributed by atoms with Gasteiger partial charge in [-0.1, -0.05) is 30.3 Å². The molecule has 6 nitrogen and oxygen atoms in total. The van der Waals surface area contributed by atoms with Gasteiger partial charge in [-0.15, -0.1) is 0 Å². The van der Waals surface area contributed by atoms with Gasteiger partial charge in [-0.3, -0.25) is 9.59 Å². The molecule has 3 unspecified atom stereocenters.